The molecule has 1 aromatic rings. The summed E-state index contributed by atoms with van der Waals surface area (Å²) in [5.74, 6) is 0.338. The highest BCUT2D eigenvalue weighted by atomic mass is 127. The molecule has 0 radical (unpaired) electrons. The van der Waals surface area contributed by atoms with Crippen LogP contribution in [0.4, 0.5) is 0 Å². The summed E-state index contributed by atoms with van der Waals surface area (Å²) >= 11 is 2.14. The minimum atomic E-state index is -3.68. The normalized spacial score (nSPS) is 11.3. The van der Waals surface area contributed by atoms with Gasteiger partial charge in [0, 0.05) is 9.13 Å². The van der Waals surface area contributed by atoms with E-state index in [0.717, 1.165) is 9.13 Å². The fourth-order valence-electron chi connectivity index (χ4n) is 0.756. The lowest BCUT2D eigenvalue weighted by Crippen LogP contribution is -1.98. The van der Waals surface area contributed by atoms with Crippen LogP contribution < -0.4 is 0 Å². The van der Waals surface area contributed by atoms with E-state index in [4.69, 9.17) is 9.11 Å². The lowest BCUT2D eigenvalue weighted by Gasteiger charge is -1.92. The van der Waals surface area contributed by atoms with Crippen LogP contribution in [0.15, 0.2) is 24.3 Å². The van der Waals surface area contributed by atoms with Gasteiger partial charge in [-0.1, -0.05) is 18.2 Å². The van der Waals surface area contributed by atoms with Gasteiger partial charge in [-0.2, -0.15) is 4.21 Å². The van der Waals surface area contributed by atoms with Gasteiger partial charge in [0.25, 0.3) is 10.3 Å². The highest BCUT2D eigenvalue weighted by Gasteiger charge is 2.11. The van der Waals surface area contributed by atoms with Crippen molar-refractivity contribution < 1.29 is 13.3 Å². The molecule has 0 aliphatic carbocycles. The van der Waals surface area contributed by atoms with Gasteiger partial charge in [-0.05, 0) is 28.7 Å². The van der Waals surface area contributed by atoms with Gasteiger partial charge in [-0.25, -0.2) is 0 Å². The largest absolute Gasteiger partial charge is 0.430 e. The van der Waals surface area contributed by atoms with E-state index in [0.29, 0.717) is 16.1 Å². The van der Waals surface area contributed by atoms with Crippen LogP contribution in [-0.2, 0) is 25.1 Å². The van der Waals surface area contributed by atoms with Gasteiger partial charge in [-0.15, -0.1) is 0 Å². The molecule has 0 atom stereocenters. The Hall–Kier alpha value is 0.240. The number of halogens is 1. The number of rotatable bonds is 2. The first-order chi connectivity index (χ1) is 5.99. The third-order valence-electron chi connectivity index (χ3n) is 1.33. The van der Waals surface area contributed by atoms with Gasteiger partial charge in [0.1, 0.15) is 0 Å². The van der Waals surface area contributed by atoms with E-state index in [2.05, 4.69) is 22.6 Å². The standard InChI is InChI=1S/C7H7IO3S2/c8-7-4-2-1-3-6(7)5-12-13(9,10)11/h1-4H,5H2,(H-,9,10,11)/p+1. The van der Waals surface area contributed by atoms with E-state index in [1.807, 2.05) is 24.3 Å². The Morgan fingerprint density at radius 3 is 2.54 bits per heavy atom. The Morgan fingerprint density at radius 2 is 2.00 bits per heavy atom. The maximum atomic E-state index is 10.5. The molecule has 0 aliphatic heterocycles. The van der Waals surface area contributed by atoms with Crippen molar-refractivity contribution >= 4 is 42.0 Å². The third-order valence-corrected chi connectivity index (χ3v) is 4.39. The molecular weight excluding hydrogens is 323 g/mol. The molecule has 0 aliphatic rings. The topological polar surface area (TPSA) is 57.5 Å². The summed E-state index contributed by atoms with van der Waals surface area (Å²) in [7, 11) is -3.04. The zero-order valence-corrected chi connectivity index (χ0v) is 10.3. The SMILES string of the molecule is O=S(O)(O)=[S+]Cc1ccccc1I. The van der Waals surface area contributed by atoms with Gasteiger partial charge in [0.05, 0.1) is 0 Å². The quantitative estimate of drug-likeness (QED) is 0.644. The van der Waals surface area contributed by atoms with Crippen molar-refractivity contribution in [3.63, 3.8) is 0 Å². The fraction of sp³-hybridized carbons (Fsp3) is 0.143. The van der Waals surface area contributed by atoms with Gasteiger partial charge in [0.15, 0.2) is 0 Å². The highest BCUT2D eigenvalue weighted by Crippen LogP contribution is 2.11. The molecule has 0 unspecified atom stereocenters. The third kappa shape index (κ3) is 4.32. The van der Waals surface area contributed by atoms with Crippen LogP contribution in [0.3, 0.4) is 0 Å². The molecule has 1 aromatic carbocycles. The van der Waals surface area contributed by atoms with E-state index in [9.17, 15) is 4.21 Å². The van der Waals surface area contributed by atoms with Gasteiger partial charge >= 0.3 is 9.05 Å². The zero-order valence-electron chi connectivity index (χ0n) is 6.51. The van der Waals surface area contributed by atoms with Gasteiger partial charge in [0.2, 0.25) is 5.75 Å². The predicted molar refractivity (Wildman–Crippen MR) is 63.6 cm³/mol. The second kappa shape index (κ2) is 4.65. The maximum absolute atomic E-state index is 10.5. The van der Waals surface area contributed by atoms with Crippen LogP contribution in [0.5, 0.6) is 0 Å². The average molecular weight is 331 g/mol. The molecule has 0 saturated heterocycles. The van der Waals surface area contributed by atoms with Crippen molar-refractivity contribution in [3.8, 4) is 0 Å². The molecular formula is C7H8IO3S2+. The molecule has 2 N–H and O–H groups in total. The van der Waals surface area contributed by atoms with Crippen molar-refractivity contribution in [3.05, 3.63) is 33.4 Å². The lowest BCUT2D eigenvalue weighted by atomic mass is 10.2. The summed E-state index contributed by atoms with van der Waals surface area (Å²) in [6.07, 6.45) is 0. The van der Waals surface area contributed by atoms with Crippen LogP contribution in [0.2, 0.25) is 0 Å². The van der Waals surface area contributed by atoms with E-state index < -0.39 is 9.05 Å². The van der Waals surface area contributed by atoms with Gasteiger partial charge < -0.3 is 0 Å². The summed E-state index contributed by atoms with van der Waals surface area (Å²) in [5.41, 5.74) is 0.948. The van der Waals surface area contributed by atoms with E-state index in [1.165, 1.54) is 0 Å². The molecule has 0 bridgehead atoms. The van der Waals surface area contributed by atoms with E-state index in [1.54, 1.807) is 0 Å². The molecule has 1 rings (SSSR count). The molecule has 0 saturated carbocycles. The minimum absolute atomic E-state index is 0.338. The Labute approximate surface area is 94.0 Å². The van der Waals surface area contributed by atoms with Crippen molar-refractivity contribution in [1.29, 1.82) is 0 Å². The van der Waals surface area contributed by atoms with Crippen LogP contribution in [-0.4, -0.2) is 13.3 Å². The van der Waals surface area contributed by atoms with Crippen LogP contribution in [0.1, 0.15) is 5.56 Å². The molecule has 72 valence electrons. The van der Waals surface area contributed by atoms with Crippen molar-refractivity contribution in [2.45, 2.75) is 5.75 Å². The molecule has 0 fully saturated rings. The first-order valence-electron chi connectivity index (χ1n) is 3.36. The maximum Gasteiger partial charge on any atom is 0.430 e. The Balaban J connectivity index is 2.88. The van der Waals surface area contributed by atoms with Crippen molar-refractivity contribution in [1.82, 2.24) is 0 Å². The fourth-order valence-corrected chi connectivity index (χ4v) is 2.97. The van der Waals surface area contributed by atoms with E-state index in [-0.39, 0.29) is 0 Å². The smallest absolute Gasteiger partial charge is 0.251 e. The summed E-state index contributed by atoms with van der Waals surface area (Å²) < 4.78 is 28.8. The predicted octanol–water partition coefficient (Wildman–Crippen LogP) is 2.02. The molecule has 0 heterocycles. The van der Waals surface area contributed by atoms with Crippen molar-refractivity contribution in [2.24, 2.45) is 0 Å². The van der Waals surface area contributed by atoms with Crippen LogP contribution in [0, 0.1) is 3.57 Å². The Morgan fingerprint density at radius 1 is 1.38 bits per heavy atom. The first-order valence-corrected chi connectivity index (χ1v) is 7.41. The number of hydrogen-bond acceptors (Lipinski definition) is 1. The first kappa shape index (κ1) is 11.3. The molecule has 13 heavy (non-hydrogen) atoms. The summed E-state index contributed by atoms with van der Waals surface area (Å²) in [5, 5.41) is 0. The summed E-state index contributed by atoms with van der Waals surface area (Å²) in [6, 6.07) is 7.52. The lowest BCUT2D eigenvalue weighted by molar-refractivity contribution is 0.450. The Bertz CT molecular complexity index is 402. The molecule has 6 heteroatoms. The monoisotopic (exact) mass is 331 g/mol. The Kier molecular flexibility index (Phi) is 4.05. The number of hydrogen-bond donors (Lipinski definition) is 2. The second-order valence-electron chi connectivity index (χ2n) is 2.30. The second-order valence-corrected chi connectivity index (χ2v) is 6.89. The molecule has 0 spiro atoms. The highest BCUT2D eigenvalue weighted by molar-refractivity contribution is 14.1. The van der Waals surface area contributed by atoms with E-state index >= 15 is 0 Å². The number of benzene rings is 1. The minimum Gasteiger partial charge on any atom is -0.251 e. The van der Waals surface area contributed by atoms with Crippen LogP contribution >= 0.6 is 22.6 Å². The molecule has 0 aromatic heterocycles. The molecule has 0 amide bonds. The molecule has 3 nitrogen and oxygen atoms in total. The summed E-state index contributed by atoms with van der Waals surface area (Å²) in [6.45, 7) is 0. The zero-order chi connectivity index (χ0) is 9.90. The summed E-state index contributed by atoms with van der Waals surface area (Å²) in [4.78, 5) is 0. The average Bonchev–Trinajstić information content (AvgIpc) is 2.01. The van der Waals surface area contributed by atoms with Gasteiger partial charge in [-0.3, -0.25) is 9.11 Å². The van der Waals surface area contributed by atoms with Crippen LogP contribution in [0.25, 0.3) is 0 Å². The van der Waals surface area contributed by atoms with Crippen molar-refractivity contribution in [2.75, 3.05) is 0 Å².